The summed E-state index contributed by atoms with van der Waals surface area (Å²) < 4.78 is 22.5. The Morgan fingerprint density at radius 1 is 0.828 bits per heavy atom. The second kappa shape index (κ2) is 9.10. The summed E-state index contributed by atoms with van der Waals surface area (Å²) in [6.45, 7) is 8.49. The molecule has 0 radical (unpaired) electrons. The number of anilines is 1. The fraction of sp³-hybridized carbons (Fsp3) is 0.682. The minimum absolute atomic E-state index is 0.108. The molecule has 4 aliphatic heterocycles. The third-order valence-electron chi connectivity index (χ3n) is 6.16. The van der Waals surface area contributed by atoms with Crippen molar-refractivity contribution in [3.63, 3.8) is 0 Å². The van der Waals surface area contributed by atoms with Gasteiger partial charge in [-0.15, -0.1) is 0 Å². The van der Waals surface area contributed by atoms with Crippen molar-refractivity contribution < 1.29 is 23.7 Å². The van der Waals surface area contributed by atoms with E-state index in [0.29, 0.717) is 13.2 Å². The van der Waals surface area contributed by atoms with Crippen molar-refractivity contribution in [2.24, 2.45) is 0 Å². The minimum Gasteiger partial charge on any atom is -0.371 e. The lowest BCUT2D eigenvalue weighted by atomic mass is 10.0. The Hall–Kier alpha value is -1.51. The van der Waals surface area contributed by atoms with Crippen molar-refractivity contribution in [1.82, 2.24) is 5.32 Å². The molecule has 1 aromatic rings. The number of nitrogens with one attached hydrogen (secondary N) is 1. The van der Waals surface area contributed by atoms with Crippen molar-refractivity contribution in [2.45, 2.75) is 44.2 Å². The Kier molecular flexibility index (Phi) is 6.51. The van der Waals surface area contributed by atoms with Crippen molar-refractivity contribution >= 4 is 11.5 Å². The topological polar surface area (TPSA) is 69.3 Å². The van der Waals surface area contributed by atoms with Crippen LogP contribution in [0.4, 0.5) is 5.69 Å². The van der Waals surface area contributed by atoms with Gasteiger partial charge in [-0.1, -0.05) is 0 Å². The van der Waals surface area contributed by atoms with Crippen LogP contribution in [0.1, 0.15) is 43.0 Å². The third-order valence-corrected chi connectivity index (χ3v) is 6.16. The molecule has 7 heteroatoms. The van der Waals surface area contributed by atoms with Gasteiger partial charge in [0.1, 0.15) is 0 Å². The van der Waals surface area contributed by atoms with E-state index in [1.54, 1.807) is 6.92 Å². The number of carbonyl (C=O) groups excluding carboxylic acids is 1. The molecule has 0 amide bonds. The smallest absolute Gasteiger partial charge is 0.171 e. The quantitative estimate of drug-likeness (QED) is 0.759. The Balaban J connectivity index is 0.000000171. The Morgan fingerprint density at radius 2 is 1.31 bits per heavy atom. The number of hydrogen-bond acceptors (Lipinski definition) is 7. The molecular formula is C22H32N2O5. The maximum atomic E-state index is 11.3. The highest BCUT2D eigenvalue weighted by atomic mass is 16.7. The van der Waals surface area contributed by atoms with E-state index in [9.17, 15) is 4.79 Å². The molecule has 160 valence electrons. The molecule has 0 unspecified atom stereocenters. The number of rotatable bonds is 2. The summed E-state index contributed by atoms with van der Waals surface area (Å²) in [5.74, 6) is -0.405. The molecular weight excluding hydrogens is 372 g/mol. The molecule has 0 atom stereocenters. The molecule has 1 N–H and O–H groups in total. The second-order valence-corrected chi connectivity index (χ2v) is 8.06. The summed E-state index contributed by atoms with van der Waals surface area (Å²) in [6.07, 6.45) is 3.82. The zero-order valence-electron chi connectivity index (χ0n) is 17.3. The average Bonchev–Trinajstić information content (AvgIpc) is 3.40. The SMILES string of the molecule is C1CC2(CCN1)OCCO2.CC(=O)c1ccc(N2CCC3(CC2)OCCO3)cc1. The fourth-order valence-corrected chi connectivity index (χ4v) is 4.39. The molecule has 4 heterocycles. The van der Waals surface area contributed by atoms with E-state index in [4.69, 9.17) is 18.9 Å². The van der Waals surface area contributed by atoms with Crippen molar-refractivity contribution in [3.05, 3.63) is 29.8 Å². The first-order valence-corrected chi connectivity index (χ1v) is 10.7. The molecule has 4 fully saturated rings. The third kappa shape index (κ3) is 4.98. The minimum atomic E-state index is -0.324. The highest BCUT2D eigenvalue weighted by Crippen LogP contribution is 2.33. The monoisotopic (exact) mass is 404 g/mol. The Labute approximate surface area is 172 Å². The largest absolute Gasteiger partial charge is 0.371 e. The lowest BCUT2D eigenvalue weighted by Crippen LogP contribution is -2.45. The number of carbonyl (C=O) groups is 1. The predicted molar refractivity (Wildman–Crippen MR) is 109 cm³/mol. The molecule has 0 bridgehead atoms. The Bertz CT molecular complexity index is 663. The van der Waals surface area contributed by atoms with Crippen molar-refractivity contribution in [2.75, 3.05) is 57.5 Å². The zero-order chi connectivity index (χ0) is 20.2. The summed E-state index contributed by atoms with van der Waals surface area (Å²) in [6, 6.07) is 7.82. The van der Waals surface area contributed by atoms with Gasteiger partial charge >= 0.3 is 0 Å². The summed E-state index contributed by atoms with van der Waals surface area (Å²) in [5.41, 5.74) is 1.93. The van der Waals surface area contributed by atoms with E-state index in [1.165, 1.54) is 0 Å². The molecule has 0 saturated carbocycles. The summed E-state index contributed by atoms with van der Waals surface area (Å²) >= 11 is 0. The van der Waals surface area contributed by atoms with Gasteiger partial charge in [-0.25, -0.2) is 0 Å². The average molecular weight is 405 g/mol. The number of benzene rings is 1. The number of ether oxygens (including phenoxy) is 4. The first-order valence-electron chi connectivity index (χ1n) is 10.7. The van der Waals surface area contributed by atoms with Crippen LogP contribution in [0.2, 0.25) is 0 Å². The van der Waals surface area contributed by atoms with Gasteiger partial charge in [0.25, 0.3) is 0 Å². The maximum Gasteiger partial charge on any atom is 0.171 e. The van der Waals surface area contributed by atoms with Crippen LogP contribution in [0.15, 0.2) is 24.3 Å². The van der Waals surface area contributed by atoms with E-state index < -0.39 is 0 Å². The first-order chi connectivity index (χ1) is 14.1. The van der Waals surface area contributed by atoms with Crippen LogP contribution in [0.3, 0.4) is 0 Å². The van der Waals surface area contributed by atoms with Gasteiger partial charge in [0, 0.05) is 63.1 Å². The Morgan fingerprint density at radius 3 is 1.79 bits per heavy atom. The van der Waals surface area contributed by atoms with Crippen LogP contribution >= 0.6 is 0 Å². The van der Waals surface area contributed by atoms with E-state index >= 15 is 0 Å². The van der Waals surface area contributed by atoms with E-state index in [1.807, 2.05) is 24.3 Å². The lowest BCUT2D eigenvalue weighted by Gasteiger charge is -2.38. The van der Waals surface area contributed by atoms with E-state index in [2.05, 4.69) is 10.2 Å². The standard InChI is InChI=1S/C15H19NO3.C7H13NO2/c1-12(17)13-2-4-14(5-3-13)16-8-6-15(7-9-16)18-10-11-19-15;1-3-8-4-2-7(1)9-5-6-10-7/h2-5H,6-11H2,1H3;8H,1-6H2. The molecule has 7 nitrogen and oxygen atoms in total. The summed E-state index contributed by atoms with van der Waals surface area (Å²) in [4.78, 5) is 13.6. The summed E-state index contributed by atoms with van der Waals surface area (Å²) in [7, 11) is 0. The van der Waals surface area contributed by atoms with Crippen LogP contribution in [0, 0.1) is 0 Å². The van der Waals surface area contributed by atoms with E-state index in [-0.39, 0.29) is 17.4 Å². The van der Waals surface area contributed by atoms with Gasteiger partial charge in [-0.05, 0) is 31.2 Å². The van der Waals surface area contributed by atoms with Gasteiger partial charge in [-0.3, -0.25) is 4.79 Å². The van der Waals surface area contributed by atoms with Gasteiger partial charge in [-0.2, -0.15) is 0 Å². The predicted octanol–water partition coefficient (Wildman–Crippen LogP) is 2.35. The van der Waals surface area contributed by atoms with Crippen molar-refractivity contribution in [3.8, 4) is 0 Å². The number of piperidine rings is 2. The molecule has 5 rings (SSSR count). The normalized spacial score (nSPS) is 25.1. The van der Waals surface area contributed by atoms with Crippen LogP contribution in [-0.4, -0.2) is 70.0 Å². The van der Waals surface area contributed by atoms with Gasteiger partial charge in [0.15, 0.2) is 17.4 Å². The van der Waals surface area contributed by atoms with Crippen molar-refractivity contribution in [1.29, 1.82) is 0 Å². The lowest BCUT2D eigenvalue weighted by molar-refractivity contribution is -0.172. The van der Waals surface area contributed by atoms with Gasteiger partial charge in [0.05, 0.1) is 26.4 Å². The molecule has 4 aliphatic rings. The maximum absolute atomic E-state index is 11.3. The molecule has 2 spiro atoms. The molecule has 29 heavy (non-hydrogen) atoms. The highest BCUT2D eigenvalue weighted by molar-refractivity contribution is 5.94. The number of nitrogens with zero attached hydrogens (tertiary/aromatic N) is 1. The first kappa shape index (κ1) is 20.8. The number of hydrogen-bond donors (Lipinski definition) is 1. The second-order valence-electron chi connectivity index (χ2n) is 8.06. The molecule has 1 aromatic carbocycles. The molecule has 0 aromatic heterocycles. The number of Topliss-reactive ketones (excluding diaryl/α,β-unsaturated/α-hetero) is 1. The van der Waals surface area contributed by atoms with E-state index in [0.717, 1.165) is 76.3 Å². The van der Waals surface area contributed by atoms with Crippen LogP contribution in [0.25, 0.3) is 0 Å². The molecule has 0 aliphatic carbocycles. The van der Waals surface area contributed by atoms with Crippen LogP contribution in [-0.2, 0) is 18.9 Å². The highest BCUT2D eigenvalue weighted by Gasteiger charge is 2.40. The van der Waals surface area contributed by atoms with Gasteiger partial charge in [0.2, 0.25) is 0 Å². The van der Waals surface area contributed by atoms with Crippen LogP contribution in [0.5, 0.6) is 0 Å². The van der Waals surface area contributed by atoms with Gasteiger partial charge < -0.3 is 29.2 Å². The van der Waals surface area contributed by atoms with Crippen LogP contribution < -0.4 is 10.2 Å². The summed E-state index contributed by atoms with van der Waals surface area (Å²) in [5, 5.41) is 3.28. The number of ketones is 1. The zero-order valence-corrected chi connectivity index (χ0v) is 17.3. The molecule has 4 saturated heterocycles. The fourth-order valence-electron chi connectivity index (χ4n) is 4.39.